The van der Waals surface area contributed by atoms with Gasteiger partial charge in [-0.05, 0) is 31.2 Å². The molecule has 4 rings (SSSR count). The molecule has 28 heavy (non-hydrogen) atoms. The number of aromatic nitrogens is 1. The second-order valence-corrected chi connectivity index (χ2v) is 6.07. The fourth-order valence-corrected chi connectivity index (χ4v) is 3.23. The Morgan fingerprint density at radius 2 is 2.00 bits per heavy atom. The molecule has 0 aliphatic carbocycles. The van der Waals surface area contributed by atoms with Crippen LogP contribution in [0.1, 0.15) is 17.3 Å². The van der Waals surface area contributed by atoms with Crippen molar-refractivity contribution in [1.82, 2.24) is 4.98 Å². The van der Waals surface area contributed by atoms with E-state index in [-0.39, 0.29) is 28.9 Å². The van der Waals surface area contributed by atoms with Crippen molar-refractivity contribution in [2.24, 2.45) is 0 Å². The number of nitrogens with one attached hydrogen (secondary N) is 1. The van der Waals surface area contributed by atoms with Gasteiger partial charge in [0, 0.05) is 22.6 Å². The number of aromatic amines is 1. The Kier molecular flexibility index (Phi) is 4.35. The topological polar surface area (TPSA) is 81.5 Å². The van der Waals surface area contributed by atoms with Gasteiger partial charge in [0.25, 0.3) is 5.56 Å². The highest BCUT2D eigenvalue weighted by molar-refractivity contribution is 6.12. The van der Waals surface area contributed by atoms with Crippen LogP contribution >= 0.6 is 0 Å². The molecule has 1 N–H and O–H groups in total. The lowest BCUT2D eigenvalue weighted by atomic mass is 9.99. The van der Waals surface area contributed by atoms with Crippen LogP contribution in [0.2, 0.25) is 0 Å². The van der Waals surface area contributed by atoms with Crippen LogP contribution in [0.4, 0.5) is 4.39 Å². The summed E-state index contributed by atoms with van der Waals surface area (Å²) >= 11 is 0. The van der Waals surface area contributed by atoms with E-state index in [1.54, 1.807) is 37.3 Å². The number of methoxy groups -OCH3 is 1. The van der Waals surface area contributed by atoms with Gasteiger partial charge >= 0.3 is 5.97 Å². The van der Waals surface area contributed by atoms with Gasteiger partial charge in [-0.1, -0.05) is 12.1 Å². The lowest BCUT2D eigenvalue weighted by molar-refractivity contribution is 0.0525. The molecule has 2 aromatic carbocycles. The molecule has 6 nitrogen and oxygen atoms in total. The van der Waals surface area contributed by atoms with Gasteiger partial charge < -0.3 is 18.9 Å². The normalized spacial score (nSPS) is 11.1. The van der Waals surface area contributed by atoms with Crippen LogP contribution in [-0.2, 0) is 4.74 Å². The van der Waals surface area contributed by atoms with E-state index < -0.39 is 17.3 Å². The summed E-state index contributed by atoms with van der Waals surface area (Å²) in [5.74, 6) is -1.20. The second kappa shape index (κ2) is 6.84. The standard InChI is InChI=1S/C21H16FNO5/c1-3-27-21(25)17-16(12-9-8-11(26-2)10-14(12)22)19-18(23-20(17)24)13-6-4-5-7-15(13)28-19/h4-10H,3H2,1-2H3,(H,23,24). The van der Waals surface area contributed by atoms with Crippen molar-refractivity contribution >= 4 is 28.0 Å². The monoisotopic (exact) mass is 381 g/mol. The molecule has 0 aliphatic heterocycles. The van der Waals surface area contributed by atoms with E-state index in [1.807, 2.05) is 0 Å². The summed E-state index contributed by atoms with van der Waals surface area (Å²) in [7, 11) is 1.42. The molecule has 0 unspecified atom stereocenters. The quantitative estimate of drug-likeness (QED) is 0.534. The van der Waals surface area contributed by atoms with Crippen LogP contribution < -0.4 is 10.3 Å². The second-order valence-electron chi connectivity index (χ2n) is 6.07. The number of esters is 1. The van der Waals surface area contributed by atoms with Crippen LogP contribution in [0.5, 0.6) is 5.75 Å². The molecule has 0 aliphatic rings. The van der Waals surface area contributed by atoms with Gasteiger partial charge in [-0.25, -0.2) is 9.18 Å². The Bertz CT molecular complexity index is 1270. The zero-order valence-electron chi connectivity index (χ0n) is 15.2. The SMILES string of the molecule is CCOC(=O)c1c(-c2ccc(OC)cc2F)c2oc3ccccc3c2[nH]c1=O. The van der Waals surface area contributed by atoms with Crippen molar-refractivity contribution in [1.29, 1.82) is 0 Å². The van der Waals surface area contributed by atoms with Crippen molar-refractivity contribution < 1.29 is 23.1 Å². The van der Waals surface area contributed by atoms with Crippen molar-refractivity contribution in [2.75, 3.05) is 13.7 Å². The zero-order valence-corrected chi connectivity index (χ0v) is 15.2. The number of hydrogen-bond acceptors (Lipinski definition) is 5. The molecule has 7 heteroatoms. The summed E-state index contributed by atoms with van der Waals surface area (Å²) in [6.07, 6.45) is 0. The number of pyridine rings is 1. The van der Waals surface area contributed by atoms with E-state index in [2.05, 4.69) is 4.98 Å². The molecule has 4 aromatic rings. The summed E-state index contributed by atoms with van der Waals surface area (Å²) < 4.78 is 30.8. The largest absolute Gasteiger partial charge is 0.497 e. The number of para-hydroxylation sites is 1. The van der Waals surface area contributed by atoms with Gasteiger partial charge in [0.2, 0.25) is 0 Å². The summed E-state index contributed by atoms with van der Waals surface area (Å²) in [4.78, 5) is 28.0. The first-order chi connectivity index (χ1) is 13.5. The molecule has 0 atom stereocenters. The smallest absolute Gasteiger partial charge is 0.344 e. The third kappa shape index (κ3) is 2.72. The Morgan fingerprint density at radius 3 is 2.71 bits per heavy atom. The predicted octanol–water partition coefficient (Wildman–Crippen LogP) is 4.27. The van der Waals surface area contributed by atoms with Crippen LogP contribution in [-0.4, -0.2) is 24.7 Å². The highest BCUT2D eigenvalue weighted by atomic mass is 19.1. The third-order valence-electron chi connectivity index (χ3n) is 4.46. The lowest BCUT2D eigenvalue weighted by Gasteiger charge is -2.11. The molecular formula is C21H16FNO5. The molecule has 0 fully saturated rings. The maximum Gasteiger partial charge on any atom is 0.344 e. The highest BCUT2D eigenvalue weighted by Gasteiger charge is 2.27. The third-order valence-corrected chi connectivity index (χ3v) is 4.46. The van der Waals surface area contributed by atoms with Gasteiger partial charge in [0.1, 0.15) is 22.7 Å². The van der Waals surface area contributed by atoms with E-state index in [0.29, 0.717) is 22.2 Å². The number of H-pyrrole nitrogens is 1. The number of carbonyl (C=O) groups excluding carboxylic acids is 1. The van der Waals surface area contributed by atoms with E-state index in [9.17, 15) is 14.0 Å². The minimum atomic E-state index is -0.851. The zero-order chi connectivity index (χ0) is 19.8. The van der Waals surface area contributed by atoms with E-state index in [1.165, 1.54) is 19.2 Å². The molecular weight excluding hydrogens is 365 g/mol. The average Bonchev–Trinajstić information content (AvgIpc) is 3.05. The van der Waals surface area contributed by atoms with Gasteiger partial charge in [-0.2, -0.15) is 0 Å². The Labute approximate surface area is 158 Å². The summed E-state index contributed by atoms with van der Waals surface area (Å²) in [6, 6.07) is 11.2. The van der Waals surface area contributed by atoms with Crippen molar-refractivity contribution in [3.63, 3.8) is 0 Å². The number of carbonyl (C=O) groups is 1. The fourth-order valence-electron chi connectivity index (χ4n) is 3.23. The summed E-state index contributed by atoms with van der Waals surface area (Å²) in [5.41, 5.74) is 0.198. The minimum absolute atomic E-state index is 0.0407. The molecule has 0 spiro atoms. The van der Waals surface area contributed by atoms with Crippen LogP contribution in [0.3, 0.4) is 0 Å². The average molecular weight is 381 g/mol. The first-order valence-corrected chi connectivity index (χ1v) is 8.63. The maximum atomic E-state index is 14.9. The van der Waals surface area contributed by atoms with E-state index in [4.69, 9.17) is 13.9 Å². The van der Waals surface area contributed by atoms with E-state index >= 15 is 0 Å². The molecule has 0 radical (unpaired) electrons. The van der Waals surface area contributed by atoms with Gasteiger partial charge in [0.15, 0.2) is 5.58 Å². The fraction of sp³-hybridized carbons (Fsp3) is 0.143. The molecule has 2 heterocycles. The summed E-state index contributed by atoms with van der Waals surface area (Å²) in [6.45, 7) is 1.69. The first kappa shape index (κ1) is 17.8. The maximum absolute atomic E-state index is 14.9. The van der Waals surface area contributed by atoms with Crippen LogP contribution in [0, 0.1) is 5.82 Å². The van der Waals surface area contributed by atoms with E-state index in [0.717, 1.165) is 0 Å². The number of rotatable bonds is 4. The highest BCUT2D eigenvalue weighted by Crippen LogP contribution is 2.37. The number of furan rings is 1. The molecule has 142 valence electrons. The molecule has 0 saturated carbocycles. The Balaban J connectivity index is 2.15. The van der Waals surface area contributed by atoms with Gasteiger partial charge in [-0.3, -0.25) is 4.79 Å². The number of ether oxygens (including phenoxy) is 2. The molecule has 0 saturated heterocycles. The van der Waals surface area contributed by atoms with Crippen LogP contribution in [0.15, 0.2) is 51.7 Å². The van der Waals surface area contributed by atoms with Crippen molar-refractivity contribution in [2.45, 2.75) is 6.92 Å². The number of halogens is 1. The van der Waals surface area contributed by atoms with Crippen molar-refractivity contribution in [3.8, 4) is 16.9 Å². The van der Waals surface area contributed by atoms with Crippen LogP contribution in [0.25, 0.3) is 33.2 Å². The Morgan fingerprint density at radius 1 is 1.21 bits per heavy atom. The number of fused-ring (bicyclic) bond motifs is 3. The minimum Gasteiger partial charge on any atom is -0.497 e. The summed E-state index contributed by atoms with van der Waals surface area (Å²) in [5, 5.41) is 0.653. The lowest BCUT2D eigenvalue weighted by Crippen LogP contribution is -2.21. The Hall–Kier alpha value is -3.61. The van der Waals surface area contributed by atoms with Gasteiger partial charge in [0.05, 0.1) is 19.2 Å². The van der Waals surface area contributed by atoms with Crippen molar-refractivity contribution in [3.05, 3.63) is 64.2 Å². The predicted molar refractivity (Wildman–Crippen MR) is 102 cm³/mol. The molecule has 2 aromatic heterocycles. The number of benzene rings is 2. The molecule has 0 bridgehead atoms. The van der Waals surface area contributed by atoms with Gasteiger partial charge in [-0.15, -0.1) is 0 Å². The first-order valence-electron chi connectivity index (χ1n) is 8.63. The number of hydrogen-bond donors (Lipinski definition) is 1. The molecule has 0 amide bonds.